The second-order valence-electron chi connectivity index (χ2n) is 7.07. The molecule has 2 aromatic rings. The number of fused-ring (bicyclic) bond motifs is 1. The number of sulfone groups is 1. The first-order valence-corrected chi connectivity index (χ1v) is 11.1. The van der Waals surface area contributed by atoms with Crippen LogP contribution in [0.1, 0.15) is 28.3 Å². The number of methoxy groups -OCH3 is 1. The fourth-order valence-electron chi connectivity index (χ4n) is 3.74. The van der Waals surface area contributed by atoms with Crippen molar-refractivity contribution in [1.29, 1.82) is 0 Å². The predicted octanol–water partition coefficient (Wildman–Crippen LogP) is 2.22. The lowest BCUT2D eigenvalue weighted by Crippen LogP contribution is -2.45. The van der Waals surface area contributed by atoms with E-state index in [9.17, 15) is 18.0 Å². The van der Waals surface area contributed by atoms with Crippen molar-refractivity contribution in [3.8, 4) is 5.75 Å². The van der Waals surface area contributed by atoms with Crippen molar-refractivity contribution in [1.82, 2.24) is 0 Å². The lowest BCUT2D eigenvalue weighted by Gasteiger charge is -2.31. The van der Waals surface area contributed by atoms with Crippen LogP contribution in [0.4, 0.5) is 5.69 Å². The summed E-state index contributed by atoms with van der Waals surface area (Å²) in [4.78, 5) is 32.0. The first-order chi connectivity index (χ1) is 13.9. The summed E-state index contributed by atoms with van der Waals surface area (Å²) in [7, 11) is -1.60. The van der Waals surface area contributed by atoms with Crippen LogP contribution in [-0.2, 0) is 14.6 Å². The minimum absolute atomic E-state index is 0.0127. The number of carbonyl (C=O) groups excluding carboxylic acids is 2. The van der Waals surface area contributed by atoms with E-state index >= 15 is 0 Å². The number of ether oxygens (including phenoxy) is 1. The van der Waals surface area contributed by atoms with E-state index in [0.29, 0.717) is 29.0 Å². The first-order valence-electron chi connectivity index (χ1n) is 9.25. The molecule has 0 spiro atoms. The topological polar surface area (TPSA) is 93.1 Å². The smallest absolute Gasteiger partial charge is 0.265 e. The summed E-state index contributed by atoms with van der Waals surface area (Å²) in [5.74, 6) is -1.15. The fourth-order valence-corrected chi connectivity index (χ4v) is 5.38. The number of hydrogen-bond acceptors (Lipinski definition) is 6. The van der Waals surface area contributed by atoms with Gasteiger partial charge in [0.2, 0.25) is 5.91 Å². The van der Waals surface area contributed by atoms with E-state index in [0.717, 1.165) is 4.90 Å². The summed E-state index contributed by atoms with van der Waals surface area (Å²) in [5.41, 5.74) is 1.34. The second-order valence-corrected chi connectivity index (χ2v) is 9.30. The number of rotatable bonds is 4. The van der Waals surface area contributed by atoms with Crippen molar-refractivity contribution in [2.75, 3.05) is 23.5 Å². The van der Waals surface area contributed by atoms with Crippen molar-refractivity contribution < 1.29 is 22.7 Å². The molecule has 4 rings (SSSR count). The molecular weight excluding hydrogens is 392 g/mol. The largest absolute Gasteiger partial charge is 0.495 e. The molecule has 1 fully saturated rings. The molecule has 0 unspecified atom stereocenters. The normalized spacial score (nSPS) is 23.4. The molecule has 1 saturated heterocycles. The van der Waals surface area contributed by atoms with Gasteiger partial charge >= 0.3 is 0 Å². The zero-order chi connectivity index (χ0) is 20.6. The van der Waals surface area contributed by atoms with Gasteiger partial charge in [0.25, 0.3) is 5.91 Å². The van der Waals surface area contributed by atoms with Gasteiger partial charge in [0.1, 0.15) is 5.75 Å². The molecule has 150 valence electrons. The second kappa shape index (κ2) is 7.44. The molecule has 2 aromatic carbocycles. The number of para-hydroxylation sites is 2. The number of hydrogen-bond donors (Lipinski definition) is 0. The molecule has 0 bridgehead atoms. The number of nitrogens with zero attached hydrogens (tertiary/aromatic N) is 2. The number of aliphatic imine (C=N–C) groups is 1. The highest BCUT2D eigenvalue weighted by Gasteiger charge is 2.40. The van der Waals surface area contributed by atoms with Crippen LogP contribution < -0.4 is 9.64 Å². The average molecular weight is 412 g/mol. The predicted molar refractivity (Wildman–Crippen MR) is 110 cm³/mol. The third kappa shape index (κ3) is 3.55. The summed E-state index contributed by atoms with van der Waals surface area (Å²) >= 11 is 0. The number of benzene rings is 2. The van der Waals surface area contributed by atoms with Crippen molar-refractivity contribution >= 4 is 33.6 Å². The molecule has 0 aromatic heterocycles. The molecule has 0 radical (unpaired) electrons. The van der Waals surface area contributed by atoms with E-state index in [-0.39, 0.29) is 17.5 Å². The van der Waals surface area contributed by atoms with E-state index in [1.807, 2.05) is 0 Å². The van der Waals surface area contributed by atoms with Gasteiger partial charge in [-0.3, -0.25) is 14.6 Å². The zero-order valence-electron chi connectivity index (χ0n) is 15.8. The van der Waals surface area contributed by atoms with Crippen LogP contribution >= 0.6 is 0 Å². The molecule has 29 heavy (non-hydrogen) atoms. The van der Waals surface area contributed by atoms with E-state index in [4.69, 9.17) is 4.74 Å². The maximum Gasteiger partial charge on any atom is 0.265 e. The Hall–Kier alpha value is -3.00. The monoisotopic (exact) mass is 412 g/mol. The molecular formula is C21H20N2O5S. The van der Waals surface area contributed by atoms with Gasteiger partial charge in [-0.1, -0.05) is 30.3 Å². The third-order valence-electron chi connectivity index (χ3n) is 5.20. The van der Waals surface area contributed by atoms with Gasteiger partial charge in [0, 0.05) is 11.8 Å². The molecule has 0 aliphatic carbocycles. The molecule has 2 heterocycles. The van der Waals surface area contributed by atoms with Gasteiger partial charge in [0.05, 0.1) is 36.3 Å². The van der Waals surface area contributed by atoms with Gasteiger partial charge in [-0.25, -0.2) is 13.3 Å². The standard InChI is InChI=1S/C21H20N2O5S/c1-28-19-9-5-4-8-18(19)23-20(24)16-7-3-2-6-15(16)17(21(23)25)12-22-14-10-11-29(26,27)13-14/h2-9,12,14,17H,10-11,13H2,1H3/t14-,17+/m0/s1. The Labute approximate surface area is 168 Å². The highest BCUT2D eigenvalue weighted by molar-refractivity contribution is 7.91. The lowest BCUT2D eigenvalue weighted by atomic mass is 9.88. The van der Waals surface area contributed by atoms with E-state index < -0.39 is 27.6 Å². The van der Waals surface area contributed by atoms with Crippen molar-refractivity contribution in [3.05, 3.63) is 59.7 Å². The lowest BCUT2D eigenvalue weighted by molar-refractivity contribution is -0.118. The summed E-state index contributed by atoms with van der Waals surface area (Å²) in [5, 5.41) is 0. The van der Waals surface area contributed by atoms with Crippen molar-refractivity contribution in [2.24, 2.45) is 4.99 Å². The molecule has 2 amide bonds. The first kappa shape index (κ1) is 19.3. The molecule has 2 aliphatic heterocycles. The molecule has 8 heteroatoms. The quantitative estimate of drug-likeness (QED) is 0.567. The zero-order valence-corrected chi connectivity index (χ0v) is 16.6. The Morgan fingerprint density at radius 2 is 1.83 bits per heavy atom. The number of carbonyl (C=O) groups is 2. The van der Waals surface area contributed by atoms with Gasteiger partial charge in [-0.05, 0) is 30.2 Å². The average Bonchev–Trinajstić information content (AvgIpc) is 3.07. The van der Waals surface area contributed by atoms with Crippen LogP contribution in [-0.4, -0.2) is 51.1 Å². The number of imide groups is 1. The van der Waals surface area contributed by atoms with Crippen LogP contribution in [0.5, 0.6) is 5.75 Å². The summed E-state index contributed by atoms with van der Waals surface area (Å²) in [6, 6.07) is 13.4. The Kier molecular flexibility index (Phi) is 4.96. The van der Waals surface area contributed by atoms with Crippen molar-refractivity contribution in [2.45, 2.75) is 18.4 Å². The highest BCUT2D eigenvalue weighted by Crippen LogP contribution is 2.36. The van der Waals surface area contributed by atoms with Crippen LogP contribution in [0.25, 0.3) is 0 Å². The SMILES string of the molecule is COc1ccccc1N1C(=O)c2ccccc2[C@@H](C=N[C@H]2CCS(=O)(=O)C2)C1=O. The third-order valence-corrected chi connectivity index (χ3v) is 6.95. The van der Waals surface area contributed by atoms with E-state index in [1.54, 1.807) is 48.5 Å². The van der Waals surface area contributed by atoms with E-state index in [1.165, 1.54) is 13.3 Å². The van der Waals surface area contributed by atoms with Gasteiger partial charge in [-0.2, -0.15) is 0 Å². The summed E-state index contributed by atoms with van der Waals surface area (Å²) < 4.78 is 28.7. The molecule has 7 nitrogen and oxygen atoms in total. The van der Waals surface area contributed by atoms with Crippen LogP contribution in [0.15, 0.2) is 53.5 Å². The summed E-state index contributed by atoms with van der Waals surface area (Å²) in [6.07, 6.45) is 1.93. The number of amides is 2. The Balaban J connectivity index is 1.76. The van der Waals surface area contributed by atoms with Gasteiger partial charge < -0.3 is 4.74 Å². The highest BCUT2D eigenvalue weighted by atomic mass is 32.2. The molecule has 0 saturated carbocycles. The maximum atomic E-state index is 13.3. The minimum Gasteiger partial charge on any atom is -0.495 e. The van der Waals surface area contributed by atoms with Crippen LogP contribution in [0.3, 0.4) is 0 Å². The molecule has 0 N–H and O–H groups in total. The Morgan fingerprint density at radius 1 is 1.10 bits per heavy atom. The number of anilines is 1. The van der Waals surface area contributed by atoms with Crippen molar-refractivity contribution in [3.63, 3.8) is 0 Å². The summed E-state index contributed by atoms with van der Waals surface area (Å²) in [6.45, 7) is 0. The Morgan fingerprint density at radius 3 is 2.55 bits per heavy atom. The van der Waals surface area contributed by atoms with Crippen LogP contribution in [0.2, 0.25) is 0 Å². The molecule has 2 atom stereocenters. The van der Waals surface area contributed by atoms with Crippen LogP contribution in [0, 0.1) is 0 Å². The van der Waals surface area contributed by atoms with Gasteiger partial charge in [0.15, 0.2) is 9.84 Å². The minimum atomic E-state index is -3.07. The van der Waals surface area contributed by atoms with E-state index in [2.05, 4.69) is 4.99 Å². The maximum absolute atomic E-state index is 13.3. The van der Waals surface area contributed by atoms with Gasteiger partial charge in [-0.15, -0.1) is 0 Å². The fraction of sp³-hybridized carbons (Fsp3) is 0.286. The molecule has 2 aliphatic rings. The Bertz CT molecular complexity index is 1110.